The molecule has 238 valence electrons. The van der Waals surface area contributed by atoms with Gasteiger partial charge in [-0.3, -0.25) is 4.90 Å². The number of hydrogen-bond acceptors (Lipinski definition) is 13. The molecular formula is C28H44N2O12. The molecule has 0 bridgehead atoms. The molecule has 0 saturated carbocycles. The number of amides is 1. The zero-order valence-electron chi connectivity index (χ0n) is 25.2. The van der Waals surface area contributed by atoms with Crippen molar-refractivity contribution in [1.29, 1.82) is 0 Å². The summed E-state index contributed by atoms with van der Waals surface area (Å²) in [7, 11) is 2.43. The highest BCUT2D eigenvalue weighted by Crippen LogP contribution is 2.32. The van der Waals surface area contributed by atoms with Crippen molar-refractivity contribution in [2.75, 3.05) is 100 Å². The summed E-state index contributed by atoms with van der Waals surface area (Å²) in [5, 5.41) is 2.75. The molecule has 0 spiro atoms. The van der Waals surface area contributed by atoms with Gasteiger partial charge in [-0.15, -0.1) is 0 Å². The van der Waals surface area contributed by atoms with E-state index in [0.29, 0.717) is 52.7 Å². The summed E-state index contributed by atoms with van der Waals surface area (Å²) in [6.45, 7) is 9.79. The molecule has 0 atom stereocenters. The smallest absolute Gasteiger partial charge is 0.408 e. The Morgan fingerprint density at radius 1 is 0.714 bits per heavy atom. The van der Waals surface area contributed by atoms with Gasteiger partial charge in [-0.2, -0.15) is 0 Å². The Morgan fingerprint density at radius 3 is 1.52 bits per heavy atom. The third kappa shape index (κ3) is 13.7. The molecule has 1 heterocycles. The van der Waals surface area contributed by atoms with E-state index in [1.165, 1.54) is 26.4 Å². The highest BCUT2D eigenvalue weighted by Gasteiger charge is 2.23. The SMILES string of the molecule is COC(=O)c1cc2c(cc1C(=O)OC)OCCOCCOCCN(CNC(=O)OC(C)(C)C)CCOCCOCCO2. The first-order valence-electron chi connectivity index (χ1n) is 13.7. The van der Waals surface area contributed by atoms with Crippen molar-refractivity contribution in [2.45, 2.75) is 26.4 Å². The lowest BCUT2D eigenvalue weighted by Crippen LogP contribution is -2.43. The second-order valence-corrected chi connectivity index (χ2v) is 9.93. The maximum atomic E-state index is 12.3. The van der Waals surface area contributed by atoms with Crippen LogP contribution in [0.4, 0.5) is 4.79 Å². The van der Waals surface area contributed by atoms with Crippen molar-refractivity contribution in [2.24, 2.45) is 0 Å². The van der Waals surface area contributed by atoms with Gasteiger partial charge in [-0.05, 0) is 32.9 Å². The highest BCUT2D eigenvalue weighted by atomic mass is 16.6. The molecule has 0 saturated heterocycles. The number of carbonyl (C=O) groups excluding carboxylic acids is 3. The molecule has 0 radical (unpaired) electrons. The zero-order chi connectivity index (χ0) is 30.8. The molecule has 1 amide bonds. The van der Waals surface area contributed by atoms with E-state index in [1.807, 2.05) is 4.90 Å². The molecule has 14 nitrogen and oxygen atoms in total. The second-order valence-electron chi connectivity index (χ2n) is 9.93. The van der Waals surface area contributed by atoms with Crippen LogP contribution in [-0.4, -0.2) is 129 Å². The summed E-state index contributed by atoms with van der Waals surface area (Å²) in [5.74, 6) is -0.977. The number of ether oxygens (including phenoxy) is 9. The monoisotopic (exact) mass is 600 g/mol. The first kappa shape index (κ1) is 35.0. The van der Waals surface area contributed by atoms with Crippen LogP contribution in [0.3, 0.4) is 0 Å². The molecule has 1 aromatic rings. The summed E-state index contributed by atoms with van der Waals surface area (Å²) in [4.78, 5) is 38.7. The summed E-state index contributed by atoms with van der Waals surface area (Å²) in [6, 6.07) is 2.76. The van der Waals surface area contributed by atoms with Crippen molar-refractivity contribution in [3.8, 4) is 11.5 Å². The van der Waals surface area contributed by atoms with Crippen LogP contribution < -0.4 is 14.8 Å². The minimum absolute atomic E-state index is 0.0183. The van der Waals surface area contributed by atoms with Crippen LogP contribution >= 0.6 is 0 Å². The van der Waals surface area contributed by atoms with Gasteiger partial charge >= 0.3 is 18.0 Å². The maximum absolute atomic E-state index is 12.3. The van der Waals surface area contributed by atoms with E-state index in [2.05, 4.69) is 5.32 Å². The van der Waals surface area contributed by atoms with Gasteiger partial charge in [0.2, 0.25) is 0 Å². The number of rotatable bonds is 4. The fraction of sp³-hybridized carbons (Fsp3) is 0.679. The third-order valence-corrected chi connectivity index (χ3v) is 5.56. The summed E-state index contributed by atoms with van der Waals surface area (Å²) in [5.41, 5.74) is -0.622. The van der Waals surface area contributed by atoms with E-state index in [9.17, 15) is 14.4 Å². The number of nitrogens with one attached hydrogen (secondary N) is 1. The van der Waals surface area contributed by atoms with Crippen LogP contribution in [0.15, 0.2) is 12.1 Å². The summed E-state index contributed by atoms with van der Waals surface area (Å²) < 4.78 is 49.1. The fourth-order valence-electron chi connectivity index (χ4n) is 3.56. The molecule has 14 heteroatoms. The van der Waals surface area contributed by atoms with Gasteiger partial charge in [-0.25, -0.2) is 14.4 Å². The Bertz CT molecular complexity index is 921. The Balaban J connectivity index is 1.99. The average molecular weight is 601 g/mol. The van der Waals surface area contributed by atoms with Gasteiger partial charge in [0.15, 0.2) is 11.5 Å². The molecule has 0 unspecified atom stereocenters. The van der Waals surface area contributed by atoms with Crippen LogP contribution in [0.1, 0.15) is 41.5 Å². The summed E-state index contributed by atoms with van der Waals surface area (Å²) >= 11 is 0. The van der Waals surface area contributed by atoms with Crippen LogP contribution in [0.5, 0.6) is 11.5 Å². The van der Waals surface area contributed by atoms with Crippen LogP contribution in [-0.2, 0) is 33.2 Å². The Morgan fingerprint density at radius 2 is 1.12 bits per heavy atom. The normalized spacial score (nSPS) is 17.3. The van der Waals surface area contributed by atoms with Crippen molar-refractivity contribution < 1.29 is 57.0 Å². The van der Waals surface area contributed by atoms with E-state index in [4.69, 9.17) is 42.6 Å². The molecule has 42 heavy (non-hydrogen) atoms. The number of hydrogen-bond donors (Lipinski definition) is 1. The minimum atomic E-state index is -0.722. The molecule has 0 aromatic heterocycles. The third-order valence-electron chi connectivity index (χ3n) is 5.56. The van der Waals surface area contributed by atoms with Gasteiger partial charge in [0.25, 0.3) is 0 Å². The van der Waals surface area contributed by atoms with E-state index < -0.39 is 23.6 Å². The van der Waals surface area contributed by atoms with E-state index in [0.717, 1.165) is 0 Å². The Hall–Kier alpha value is -3.17. The first-order valence-corrected chi connectivity index (χ1v) is 13.7. The number of alkyl carbamates (subject to hydrolysis) is 1. The number of fused-ring (bicyclic) bond motifs is 1. The predicted octanol–water partition coefficient (Wildman–Crippen LogP) is 1.88. The molecular weight excluding hydrogens is 556 g/mol. The molecule has 1 aliphatic heterocycles. The van der Waals surface area contributed by atoms with Gasteiger partial charge in [-0.1, -0.05) is 0 Å². The molecule has 1 N–H and O–H groups in total. The number of carbonyl (C=O) groups is 3. The molecule has 1 aromatic carbocycles. The predicted molar refractivity (Wildman–Crippen MR) is 149 cm³/mol. The number of benzene rings is 1. The lowest BCUT2D eigenvalue weighted by molar-refractivity contribution is 0.0151. The molecule has 1 aliphatic rings. The molecule has 0 aliphatic carbocycles. The van der Waals surface area contributed by atoms with Gasteiger partial charge < -0.3 is 47.9 Å². The van der Waals surface area contributed by atoms with Crippen molar-refractivity contribution in [1.82, 2.24) is 10.2 Å². The van der Waals surface area contributed by atoms with Crippen molar-refractivity contribution in [3.63, 3.8) is 0 Å². The first-order chi connectivity index (χ1) is 20.1. The number of esters is 2. The number of nitrogens with zero attached hydrogens (tertiary/aromatic N) is 1. The van der Waals surface area contributed by atoms with Crippen LogP contribution in [0.2, 0.25) is 0 Å². The van der Waals surface area contributed by atoms with E-state index >= 15 is 0 Å². The van der Waals surface area contributed by atoms with Crippen LogP contribution in [0, 0.1) is 0 Å². The number of methoxy groups -OCH3 is 2. The van der Waals surface area contributed by atoms with E-state index in [-0.39, 0.29) is 55.7 Å². The van der Waals surface area contributed by atoms with Gasteiger partial charge in [0.05, 0.1) is 84.9 Å². The summed E-state index contributed by atoms with van der Waals surface area (Å²) in [6.07, 6.45) is -0.497. The highest BCUT2D eigenvalue weighted by molar-refractivity contribution is 6.04. The minimum Gasteiger partial charge on any atom is -0.487 e. The lowest BCUT2D eigenvalue weighted by atomic mass is 10.1. The average Bonchev–Trinajstić information content (AvgIpc) is 2.95. The maximum Gasteiger partial charge on any atom is 0.408 e. The van der Waals surface area contributed by atoms with Crippen molar-refractivity contribution in [3.05, 3.63) is 23.3 Å². The van der Waals surface area contributed by atoms with Crippen LogP contribution in [0.25, 0.3) is 0 Å². The van der Waals surface area contributed by atoms with Crippen molar-refractivity contribution >= 4 is 18.0 Å². The topological polar surface area (TPSA) is 150 Å². The standard InChI is InChI=1S/C28H44N2O12/c1-28(2,3)42-27(33)29-20-30-6-8-36-10-12-38-14-16-40-23-18-21(25(31)34-4)22(26(32)35-5)19-24(23)41-17-15-39-13-11-37-9-7-30/h18-19H,6-17,20H2,1-5H3,(H,29,33). The quantitative estimate of drug-likeness (QED) is 0.396. The van der Waals surface area contributed by atoms with E-state index in [1.54, 1.807) is 20.8 Å². The Labute approximate surface area is 246 Å². The molecule has 0 fully saturated rings. The fourth-order valence-corrected chi connectivity index (χ4v) is 3.56. The second kappa shape index (κ2) is 19.1. The van der Waals surface area contributed by atoms with Gasteiger partial charge in [0, 0.05) is 13.1 Å². The largest absolute Gasteiger partial charge is 0.487 e. The lowest BCUT2D eigenvalue weighted by Gasteiger charge is -2.24. The zero-order valence-corrected chi connectivity index (χ0v) is 25.2. The Kier molecular flexibility index (Phi) is 15.9. The molecule has 2 rings (SSSR count). The van der Waals surface area contributed by atoms with Gasteiger partial charge in [0.1, 0.15) is 18.8 Å².